The number of aliphatic carboxylic acids is 1. The van der Waals surface area contributed by atoms with Crippen molar-refractivity contribution in [1.29, 1.82) is 0 Å². The van der Waals surface area contributed by atoms with Crippen molar-refractivity contribution < 1.29 is 27.5 Å². The van der Waals surface area contributed by atoms with E-state index in [-0.39, 0.29) is 12.8 Å². The maximum atomic E-state index is 13.0. The van der Waals surface area contributed by atoms with Gasteiger partial charge in [-0.1, -0.05) is 6.07 Å². The minimum atomic E-state index is -4.20. The van der Waals surface area contributed by atoms with E-state index in [1.807, 2.05) is 4.72 Å². The molecule has 1 aromatic rings. The largest absolute Gasteiger partial charge is 0.480 e. The third-order valence-corrected chi connectivity index (χ3v) is 3.85. The number of carbonyl (C=O) groups excluding carboxylic acids is 1. The van der Waals surface area contributed by atoms with Crippen LogP contribution in [0, 0.1) is 5.82 Å². The molecule has 0 aliphatic carbocycles. The highest BCUT2D eigenvalue weighted by Crippen LogP contribution is 2.12. The predicted octanol–water partition coefficient (Wildman–Crippen LogP) is -0.177. The molecular weight excluding hydrogens is 291 g/mol. The second-order valence-corrected chi connectivity index (χ2v) is 5.69. The second-order valence-electron chi connectivity index (χ2n) is 3.97. The summed E-state index contributed by atoms with van der Waals surface area (Å²) in [6.45, 7) is 0. The molecule has 0 spiro atoms. The number of amides is 1. The molecule has 0 radical (unpaired) electrons. The summed E-state index contributed by atoms with van der Waals surface area (Å²) in [5.74, 6) is -2.97. The first-order chi connectivity index (χ1) is 9.22. The summed E-state index contributed by atoms with van der Waals surface area (Å²) < 4.78 is 38.6. The number of carboxylic acid groups (broad SMARTS) is 1. The quantitative estimate of drug-likeness (QED) is 0.644. The predicted molar refractivity (Wildman–Crippen MR) is 66.6 cm³/mol. The molecule has 0 unspecified atom stereocenters. The average Bonchev–Trinajstić information content (AvgIpc) is 2.34. The van der Waals surface area contributed by atoms with Crippen LogP contribution in [0.15, 0.2) is 29.2 Å². The number of rotatable bonds is 7. The topological polar surface area (TPSA) is 127 Å². The molecule has 1 rings (SSSR count). The average molecular weight is 304 g/mol. The number of nitrogens with two attached hydrogens (primary N) is 1. The van der Waals surface area contributed by atoms with Gasteiger partial charge >= 0.3 is 5.97 Å². The molecule has 0 bridgehead atoms. The molecule has 1 atom stereocenters. The number of hydrogen-bond acceptors (Lipinski definition) is 4. The van der Waals surface area contributed by atoms with E-state index >= 15 is 0 Å². The van der Waals surface area contributed by atoms with Gasteiger partial charge < -0.3 is 10.8 Å². The van der Waals surface area contributed by atoms with Gasteiger partial charge in [0.15, 0.2) is 0 Å². The molecule has 0 aliphatic rings. The number of sulfonamides is 1. The first-order valence-electron chi connectivity index (χ1n) is 5.51. The fourth-order valence-electron chi connectivity index (χ4n) is 1.41. The number of halogens is 1. The molecule has 20 heavy (non-hydrogen) atoms. The molecule has 0 aliphatic heterocycles. The smallest absolute Gasteiger partial charge is 0.321 e. The van der Waals surface area contributed by atoms with E-state index in [0.29, 0.717) is 0 Å². The lowest BCUT2D eigenvalue weighted by atomic mass is 10.2. The lowest BCUT2D eigenvalue weighted by Crippen LogP contribution is -2.41. The van der Waals surface area contributed by atoms with Crippen molar-refractivity contribution in [2.45, 2.75) is 23.8 Å². The van der Waals surface area contributed by atoms with E-state index in [4.69, 9.17) is 10.8 Å². The Labute approximate surface area is 114 Å². The van der Waals surface area contributed by atoms with Crippen LogP contribution in [0.1, 0.15) is 12.8 Å². The zero-order chi connectivity index (χ0) is 15.3. The van der Waals surface area contributed by atoms with E-state index in [0.717, 1.165) is 18.2 Å². The summed E-state index contributed by atoms with van der Waals surface area (Å²) in [7, 11) is -4.20. The number of carboxylic acids is 1. The zero-order valence-electron chi connectivity index (χ0n) is 10.2. The van der Waals surface area contributed by atoms with Gasteiger partial charge in [0.25, 0.3) is 0 Å². The van der Waals surface area contributed by atoms with Crippen molar-refractivity contribution in [3.8, 4) is 0 Å². The van der Waals surface area contributed by atoms with Crippen LogP contribution in [0.4, 0.5) is 4.39 Å². The van der Waals surface area contributed by atoms with Crippen LogP contribution >= 0.6 is 0 Å². The van der Waals surface area contributed by atoms with Crippen LogP contribution in [0.5, 0.6) is 0 Å². The first-order valence-corrected chi connectivity index (χ1v) is 6.99. The van der Waals surface area contributed by atoms with Crippen molar-refractivity contribution in [2.24, 2.45) is 5.73 Å². The van der Waals surface area contributed by atoms with Gasteiger partial charge in [-0.2, -0.15) is 4.72 Å². The van der Waals surface area contributed by atoms with Gasteiger partial charge in [0, 0.05) is 6.42 Å². The van der Waals surface area contributed by atoms with Gasteiger partial charge in [-0.25, -0.2) is 12.8 Å². The van der Waals surface area contributed by atoms with Crippen molar-refractivity contribution in [1.82, 2.24) is 4.72 Å². The second kappa shape index (κ2) is 6.44. The Morgan fingerprint density at radius 2 is 2.05 bits per heavy atom. The first kappa shape index (κ1) is 16.1. The highest BCUT2D eigenvalue weighted by atomic mass is 32.2. The Bertz CT molecular complexity index is 617. The molecular formula is C11H13FN2O5S. The lowest BCUT2D eigenvalue weighted by molar-refractivity contribution is -0.139. The molecule has 0 heterocycles. The van der Waals surface area contributed by atoms with Crippen LogP contribution < -0.4 is 10.5 Å². The van der Waals surface area contributed by atoms with Crippen molar-refractivity contribution >= 4 is 21.9 Å². The maximum Gasteiger partial charge on any atom is 0.321 e. The molecule has 0 saturated carbocycles. The highest BCUT2D eigenvalue weighted by Gasteiger charge is 2.25. The monoisotopic (exact) mass is 304 g/mol. The van der Waals surface area contributed by atoms with Gasteiger partial charge in [0.2, 0.25) is 15.9 Å². The number of primary amides is 1. The Kier molecular flexibility index (Phi) is 5.17. The van der Waals surface area contributed by atoms with Gasteiger partial charge in [-0.3, -0.25) is 9.59 Å². The highest BCUT2D eigenvalue weighted by molar-refractivity contribution is 7.89. The molecule has 0 aromatic heterocycles. The molecule has 0 fully saturated rings. The van der Waals surface area contributed by atoms with Gasteiger partial charge in [-0.15, -0.1) is 0 Å². The molecule has 0 saturated heterocycles. The number of hydrogen-bond donors (Lipinski definition) is 3. The van der Waals surface area contributed by atoms with Crippen molar-refractivity contribution in [2.75, 3.05) is 0 Å². The number of nitrogens with one attached hydrogen (secondary N) is 1. The van der Waals surface area contributed by atoms with Crippen LogP contribution in [0.2, 0.25) is 0 Å². The molecule has 1 aromatic carbocycles. The van der Waals surface area contributed by atoms with Crippen molar-refractivity contribution in [3.63, 3.8) is 0 Å². The van der Waals surface area contributed by atoms with E-state index < -0.39 is 38.7 Å². The van der Waals surface area contributed by atoms with Crippen LogP contribution in [-0.2, 0) is 19.6 Å². The summed E-state index contributed by atoms with van der Waals surface area (Å²) in [5.41, 5.74) is 4.88. The third kappa shape index (κ3) is 4.59. The fraction of sp³-hybridized carbons (Fsp3) is 0.273. The van der Waals surface area contributed by atoms with Crippen molar-refractivity contribution in [3.05, 3.63) is 30.1 Å². The van der Waals surface area contributed by atoms with E-state index in [2.05, 4.69) is 0 Å². The standard InChI is InChI=1S/C11H13FN2O5S/c12-7-2-1-3-8(6-7)20(18,19)14-9(11(16)17)4-5-10(13)15/h1-3,6,9,14H,4-5H2,(H2,13,15)(H,16,17)/t9-/m1/s1. The van der Waals surface area contributed by atoms with Crippen LogP contribution in [-0.4, -0.2) is 31.4 Å². The summed E-state index contributed by atoms with van der Waals surface area (Å²) >= 11 is 0. The summed E-state index contributed by atoms with van der Waals surface area (Å²) in [4.78, 5) is 21.1. The Balaban J connectivity index is 2.91. The molecule has 7 nitrogen and oxygen atoms in total. The molecule has 1 amide bonds. The Morgan fingerprint density at radius 1 is 1.40 bits per heavy atom. The number of carbonyl (C=O) groups is 2. The van der Waals surface area contributed by atoms with E-state index in [9.17, 15) is 22.4 Å². The van der Waals surface area contributed by atoms with Crippen LogP contribution in [0.3, 0.4) is 0 Å². The normalized spacial score (nSPS) is 12.8. The Hall–Kier alpha value is -2.00. The molecule has 4 N–H and O–H groups in total. The fourth-order valence-corrected chi connectivity index (χ4v) is 2.66. The minimum Gasteiger partial charge on any atom is -0.480 e. The van der Waals surface area contributed by atoms with Crippen LogP contribution in [0.25, 0.3) is 0 Å². The van der Waals surface area contributed by atoms with E-state index in [1.165, 1.54) is 6.07 Å². The van der Waals surface area contributed by atoms with Gasteiger partial charge in [-0.05, 0) is 24.6 Å². The summed E-state index contributed by atoms with van der Waals surface area (Å²) in [6, 6.07) is 2.60. The maximum absolute atomic E-state index is 13.0. The van der Waals surface area contributed by atoms with Gasteiger partial charge in [0.05, 0.1) is 4.90 Å². The third-order valence-electron chi connectivity index (χ3n) is 2.38. The Morgan fingerprint density at radius 3 is 2.55 bits per heavy atom. The minimum absolute atomic E-state index is 0.289. The molecule has 110 valence electrons. The summed E-state index contributed by atoms with van der Waals surface area (Å²) in [6.07, 6.45) is -0.581. The summed E-state index contributed by atoms with van der Waals surface area (Å²) in [5, 5.41) is 8.90. The molecule has 9 heteroatoms. The van der Waals surface area contributed by atoms with E-state index in [1.54, 1.807) is 0 Å². The number of benzene rings is 1. The zero-order valence-corrected chi connectivity index (χ0v) is 11.1. The SMILES string of the molecule is NC(=O)CC[C@@H](NS(=O)(=O)c1cccc(F)c1)C(=O)O. The van der Waals surface area contributed by atoms with Gasteiger partial charge in [0.1, 0.15) is 11.9 Å². The lowest BCUT2D eigenvalue weighted by Gasteiger charge is -2.14.